The largest absolute Gasteiger partial charge is 0.303 e. The number of likely N-dealkylation sites (tertiary alicyclic amines) is 1. The van der Waals surface area contributed by atoms with Crippen LogP contribution < -0.4 is 0 Å². The van der Waals surface area contributed by atoms with Crippen LogP contribution in [0.2, 0.25) is 0 Å². The maximum Gasteiger partial charge on any atom is 0.0991 e. The van der Waals surface area contributed by atoms with Crippen LogP contribution in [-0.2, 0) is 6.54 Å². The standard InChI is InChI=1S/C15H19N3/c1-17-10-14-6-7-15(11-17)18(14)9-13-4-2-12(8-16)3-5-13/h2-5,14-15H,6-7,9-11H2,1H3. The highest BCUT2D eigenvalue weighted by molar-refractivity contribution is 5.31. The molecule has 0 N–H and O–H groups in total. The van der Waals surface area contributed by atoms with Crippen LogP contribution in [0.5, 0.6) is 0 Å². The van der Waals surface area contributed by atoms with E-state index in [1.54, 1.807) is 0 Å². The van der Waals surface area contributed by atoms with Crippen molar-refractivity contribution >= 4 is 0 Å². The van der Waals surface area contributed by atoms with Crippen molar-refractivity contribution in [2.45, 2.75) is 31.5 Å². The maximum atomic E-state index is 8.81. The molecular weight excluding hydrogens is 222 g/mol. The lowest BCUT2D eigenvalue weighted by Gasteiger charge is -2.39. The van der Waals surface area contributed by atoms with Crippen molar-refractivity contribution in [3.63, 3.8) is 0 Å². The Morgan fingerprint density at radius 1 is 1.17 bits per heavy atom. The molecule has 2 fully saturated rings. The predicted octanol–water partition coefficient (Wildman–Crippen LogP) is 1.84. The number of nitrogens with zero attached hydrogens (tertiary/aromatic N) is 3. The van der Waals surface area contributed by atoms with Crippen molar-refractivity contribution in [3.8, 4) is 6.07 Å². The van der Waals surface area contributed by atoms with Crippen molar-refractivity contribution in [2.24, 2.45) is 0 Å². The van der Waals surface area contributed by atoms with Crippen LogP contribution in [0.3, 0.4) is 0 Å². The molecular formula is C15H19N3. The monoisotopic (exact) mass is 241 g/mol. The first-order valence-corrected chi connectivity index (χ1v) is 6.69. The number of fused-ring (bicyclic) bond motifs is 2. The summed E-state index contributed by atoms with van der Waals surface area (Å²) in [4.78, 5) is 5.11. The lowest BCUT2D eigenvalue weighted by Crippen LogP contribution is -2.51. The molecule has 2 saturated heterocycles. The fraction of sp³-hybridized carbons (Fsp3) is 0.533. The van der Waals surface area contributed by atoms with Gasteiger partial charge in [0.2, 0.25) is 0 Å². The molecule has 94 valence electrons. The highest BCUT2D eigenvalue weighted by atomic mass is 15.3. The third kappa shape index (κ3) is 2.14. The molecule has 0 spiro atoms. The summed E-state index contributed by atoms with van der Waals surface area (Å²) in [6.45, 7) is 3.44. The normalized spacial score (nSPS) is 28.2. The average Bonchev–Trinajstić information content (AvgIpc) is 2.62. The molecule has 18 heavy (non-hydrogen) atoms. The van der Waals surface area contributed by atoms with Gasteiger partial charge in [-0.05, 0) is 37.6 Å². The Morgan fingerprint density at radius 2 is 1.78 bits per heavy atom. The summed E-state index contributed by atoms with van der Waals surface area (Å²) in [7, 11) is 2.23. The molecule has 0 amide bonds. The second-order valence-electron chi connectivity index (χ2n) is 5.59. The average molecular weight is 241 g/mol. The van der Waals surface area contributed by atoms with Crippen molar-refractivity contribution in [1.29, 1.82) is 5.26 Å². The van der Waals surface area contributed by atoms with Gasteiger partial charge in [0.05, 0.1) is 11.6 Å². The smallest absolute Gasteiger partial charge is 0.0991 e. The van der Waals surface area contributed by atoms with Gasteiger partial charge in [0.25, 0.3) is 0 Å². The third-order valence-corrected chi connectivity index (χ3v) is 4.26. The number of nitriles is 1. The maximum absolute atomic E-state index is 8.81. The Balaban J connectivity index is 1.71. The van der Waals surface area contributed by atoms with Gasteiger partial charge in [0, 0.05) is 31.7 Å². The molecule has 0 radical (unpaired) electrons. The van der Waals surface area contributed by atoms with Gasteiger partial charge in [0.1, 0.15) is 0 Å². The molecule has 1 aromatic carbocycles. The Morgan fingerprint density at radius 3 is 2.33 bits per heavy atom. The van der Waals surface area contributed by atoms with Crippen LogP contribution in [0.1, 0.15) is 24.0 Å². The van der Waals surface area contributed by atoms with E-state index >= 15 is 0 Å². The van der Waals surface area contributed by atoms with Gasteiger partial charge in [0.15, 0.2) is 0 Å². The molecule has 1 aromatic rings. The van der Waals surface area contributed by atoms with E-state index in [0.29, 0.717) is 0 Å². The minimum absolute atomic E-state index is 0.726. The van der Waals surface area contributed by atoms with Crippen LogP contribution in [0.4, 0.5) is 0 Å². The highest BCUT2D eigenvalue weighted by Gasteiger charge is 2.38. The number of benzene rings is 1. The van der Waals surface area contributed by atoms with Crippen LogP contribution in [0.15, 0.2) is 24.3 Å². The molecule has 2 aliphatic rings. The zero-order chi connectivity index (χ0) is 12.5. The summed E-state index contributed by atoms with van der Waals surface area (Å²) in [5.74, 6) is 0. The molecule has 2 atom stereocenters. The summed E-state index contributed by atoms with van der Waals surface area (Å²) in [6.07, 6.45) is 2.68. The lowest BCUT2D eigenvalue weighted by molar-refractivity contribution is 0.0760. The van der Waals surface area contributed by atoms with Gasteiger partial charge >= 0.3 is 0 Å². The van der Waals surface area contributed by atoms with E-state index in [1.807, 2.05) is 12.1 Å². The first-order chi connectivity index (χ1) is 8.76. The SMILES string of the molecule is CN1CC2CCC(C1)N2Cc1ccc(C#N)cc1. The molecule has 0 aliphatic carbocycles. The van der Waals surface area contributed by atoms with E-state index in [1.165, 1.54) is 31.5 Å². The zero-order valence-electron chi connectivity index (χ0n) is 10.8. The van der Waals surface area contributed by atoms with Gasteiger partial charge in [-0.2, -0.15) is 5.26 Å². The number of hydrogen-bond donors (Lipinski definition) is 0. The summed E-state index contributed by atoms with van der Waals surface area (Å²) in [5, 5.41) is 8.81. The Labute approximate surface area is 109 Å². The van der Waals surface area contributed by atoms with E-state index in [-0.39, 0.29) is 0 Å². The second kappa shape index (κ2) is 4.72. The van der Waals surface area contributed by atoms with Crippen LogP contribution in [-0.4, -0.2) is 42.0 Å². The second-order valence-corrected chi connectivity index (χ2v) is 5.59. The molecule has 2 heterocycles. The molecule has 2 unspecified atom stereocenters. The summed E-state index contributed by atoms with van der Waals surface area (Å²) >= 11 is 0. The molecule has 3 heteroatoms. The quantitative estimate of drug-likeness (QED) is 0.791. The van der Waals surface area contributed by atoms with Gasteiger partial charge < -0.3 is 4.90 Å². The fourth-order valence-corrected chi connectivity index (χ4v) is 3.35. The molecule has 3 nitrogen and oxygen atoms in total. The number of piperazine rings is 1. The van der Waals surface area contributed by atoms with Crippen molar-refractivity contribution in [3.05, 3.63) is 35.4 Å². The molecule has 3 rings (SSSR count). The zero-order valence-corrected chi connectivity index (χ0v) is 10.8. The molecule has 0 aromatic heterocycles. The van der Waals surface area contributed by atoms with Crippen molar-refractivity contribution in [2.75, 3.05) is 20.1 Å². The van der Waals surface area contributed by atoms with Gasteiger partial charge in [-0.25, -0.2) is 0 Å². The Hall–Kier alpha value is -1.37. The van der Waals surface area contributed by atoms with E-state index in [9.17, 15) is 0 Å². The van der Waals surface area contributed by atoms with Crippen LogP contribution in [0.25, 0.3) is 0 Å². The van der Waals surface area contributed by atoms with Crippen molar-refractivity contribution < 1.29 is 0 Å². The van der Waals surface area contributed by atoms with Crippen LogP contribution in [0, 0.1) is 11.3 Å². The van der Waals surface area contributed by atoms with Gasteiger partial charge in [-0.3, -0.25) is 4.90 Å². The van der Waals surface area contributed by atoms with E-state index in [2.05, 4.69) is 35.0 Å². The summed E-state index contributed by atoms with van der Waals surface area (Å²) in [6, 6.07) is 11.7. The first-order valence-electron chi connectivity index (χ1n) is 6.69. The third-order valence-electron chi connectivity index (χ3n) is 4.26. The van der Waals surface area contributed by atoms with Crippen LogP contribution >= 0.6 is 0 Å². The van der Waals surface area contributed by atoms with E-state index in [4.69, 9.17) is 5.26 Å². The van der Waals surface area contributed by atoms with Crippen molar-refractivity contribution in [1.82, 2.24) is 9.80 Å². The Bertz CT molecular complexity index is 446. The number of hydrogen-bond acceptors (Lipinski definition) is 3. The summed E-state index contributed by atoms with van der Waals surface area (Å²) < 4.78 is 0. The van der Waals surface area contributed by atoms with E-state index < -0.39 is 0 Å². The van der Waals surface area contributed by atoms with E-state index in [0.717, 1.165) is 24.2 Å². The molecule has 2 bridgehead atoms. The number of rotatable bonds is 2. The topological polar surface area (TPSA) is 30.3 Å². The fourth-order valence-electron chi connectivity index (χ4n) is 3.35. The molecule has 2 aliphatic heterocycles. The summed E-state index contributed by atoms with van der Waals surface area (Å²) in [5.41, 5.74) is 2.08. The molecule has 0 saturated carbocycles. The number of likely N-dealkylation sites (N-methyl/N-ethyl adjacent to an activating group) is 1. The van der Waals surface area contributed by atoms with Gasteiger partial charge in [-0.1, -0.05) is 12.1 Å². The highest BCUT2D eigenvalue weighted by Crippen LogP contribution is 2.30. The minimum atomic E-state index is 0.726. The Kier molecular flexibility index (Phi) is 3.07. The predicted molar refractivity (Wildman–Crippen MR) is 71.0 cm³/mol. The lowest BCUT2D eigenvalue weighted by atomic mass is 10.1. The first kappa shape index (κ1) is 11.7. The minimum Gasteiger partial charge on any atom is -0.303 e. The van der Waals surface area contributed by atoms with Gasteiger partial charge in [-0.15, -0.1) is 0 Å².